The quantitative estimate of drug-likeness (QED) is 0.853. The van der Waals surface area contributed by atoms with Crippen molar-refractivity contribution < 1.29 is 13.2 Å². The molecule has 21 heavy (non-hydrogen) atoms. The van der Waals surface area contributed by atoms with E-state index in [9.17, 15) is 13.2 Å². The zero-order chi connectivity index (χ0) is 15.3. The maximum atomic E-state index is 12.0. The topological polar surface area (TPSA) is 92.5 Å². The molecule has 1 fully saturated rings. The molecule has 116 valence electrons. The first-order valence-electron chi connectivity index (χ1n) is 7.12. The van der Waals surface area contributed by atoms with E-state index in [0.29, 0.717) is 18.7 Å². The molecule has 1 aromatic rings. The van der Waals surface area contributed by atoms with Crippen LogP contribution in [-0.2, 0) is 14.8 Å². The van der Waals surface area contributed by atoms with Crippen molar-refractivity contribution in [2.75, 3.05) is 25.0 Å². The molecule has 1 aromatic carbocycles. The van der Waals surface area contributed by atoms with Crippen molar-refractivity contribution in [1.29, 1.82) is 0 Å². The van der Waals surface area contributed by atoms with Crippen molar-refractivity contribution in [3.05, 3.63) is 24.3 Å². The molecule has 7 heteroatoms. The summed E-state index contributed by atoms with van der Waals surface area (Å²) in [4.78, 5) is 13.9. The van der Waals surface area contributed by atoms with E-state index in [4.69, 9.17) is 5.14 Å². The molecular formula is C14H21N3O3S. The van der Waals surface area contributed by atoms with Crippen LogP contribution in [0, 0.1) is 0 Å². The molecule has 6 nitrogen and oxygen atoms in total. The van der Waals surface area contributed by atoms with Crippen LogP contribution >= 0.6 is 0 Å². The summed E-state index contributed by atoms with van der Waals surface area (Å²) in [6.07, 6.45) is 3.66. The number of hydrogen-bond donors (Lipinski definition) is 2. The first kappa shape index (κ1) is 15.8. The van der Waals surface area contributed by atoms with Crippen LogP contribution in [0.5, 0.6) is 0 Å². The van der Waals surface area contributed by atoms with Gasteiger partial charge in [-0.25, -0.2) is 13.6 Å². The number of likely N-dealkylation sites (tertiary alicyclic amines) is 1. The molecule has 1 amide bonds. The Morgan fingerprint density at radius 3 is 2.52 bits per heavy atom. The molecule has 1 saturated heterocycles. The summed E-state index contributed by atoms with van der Waals surface area (Å²) in [6.45, 7) is 2.04. The van der Waals surface area contributed by atoms with Gasteiger partial charge in [0, 0.05) is 26.1 Å². The van der Waals surface area contributed by atoms with Crippen molar-refractivity contribution in [2.24, 2.45) is 5.14 Å². The Kier molecular flexibility index (Phi) is 5.19. The van der Waals surface area contributed by atoms with Gasteiger partial charge in [0.1, 0.15) is 4.90 Å². The maximum absolute atomic E-state index is 12.0. The highest BCUT2D eigenvalue weighted by molar-refractivity contribution is 7.89. The molecule has 0 atom stereocenters. The lowest BCUT2D eigenvalue weighted by molar-refractivity contribution is -0.131. The van der Waals surface area contributed by atoms with Gasteiger partial charge in [0.25, 0.3) is 0 Å². The summed E-state index contributed by atoms with van der Waals surface area (Å²) in [6, 6.07) is 6.43. The van der Waals surface area contributed by atoms with Crippen molar-refractivity contribution in [2.45, 2.75) is 30.6 Å². The number of sulfonamides is 1. The summed E-state index contributed by atoms with van der Waals surface area (Å²) < 4.78 is 22.9. The lowest BCUT2D eigenvalue weighted by atomic mass is 10.1. The van der Waals surface area contributed by atoms with E-state index in [1.165, 1.54) is 12.5 Å². The Balaban J connectivity index is 1.90. The summed E-state index contributed by atoms with van der Waals surface area (Å²) in [5, 5.41) is 8.15. The first-order chi connectivity index (χ1) is 9.98. The van der Waals surface area contributed by atoms with E-state index in [0.717, 1.165) is 25.9 Å². The summed E-state index contributed by atoms with van der Waals surface area (Å²) >= 11 is 0. The standard InChI is InChI=1S/C14H21N3O3S/c15-21(19,20)13-7-3-2-6-12(13)16-9-8-14(18)17-10-4-1-5-11-17/h2-3,6-7,16H,1,4-5,8-11H2,(H2,15,19,20). The number of carbonyl (C=O) groups excluding carboxylic acids is 1. The van der Waals surface area contributed by atoms with Crippen molar-refractivity contribution in [3.63, 3.8) is 0 Å². The Morgan fingerprint density at radius 2 is 1.86 bits per heavy atom. The zero-order valence-electron chi connectivity index (χ0n) is 11.9. The lowest BCUT2D eigenvalue weighted by Crippen LogP contribution is -2.36. The smallest absolute Gasteiger partial charge is 0.240 e. The van der Waals surface area contributed by atoms with E-state index in [2.05, 4.69) is 5.32 Å². The van der Waals surface area contributed by atoms with Crippen molar-refractivity contribution in [3.8, 4) is 0 Å². The van der Waals surface area contributed by atoms with Crippen LogP contribution in [0.4, 0.5) is 5.69 Å². The van der Waals surface area contributed by atoms with Gasteiger partial charge in [-0.3, -0.25) is 4.79 Å². The largest absolute Gasteiger partial charge is 0.383 e. The maximum Gasteiger partial charge on any atom is 0.240 e. The number of para-hydroxylation sites is 1. The van der Waals surface area contributed by atoms with E-state index < -0.39 is 10.0 Å². The molecule has 0 bridgehead atoms. The number of piperidine rings is 1. The normalized spacial score (nSPS) is 15.8. The van der Waals surface area contributed by atoms with Crippen LogP contribution < -0.4 is 10.5 Å². The number of nitrogens with zero attached hydrogens (tertiary/aromatic N) is 1. The number of carbonyl (C=O) groups is 1. The second-order valence-corrected chi connectivity index (χ2v) is 6.69. The molecule has 2 rings (SSSR count). The average molecular weight is 311 g/mol. The number of anilines is 1. The monoisotopic (exact) mass is 311 g/mol. The summed E-state index contributed by atoms with van der Waals surface area (Å²) in [7, 11) is -3.76. The fourth-order valence-electron chi connectivity index (χ4n) is 2.47. The van der Waals surface area contributed by atoms with Crippen molar-refractivity contribution in [1.82, 2.24) is 4.90 Å². The fourth-order valence-corrected chi connectivity index (χ4v) is 3.18. The van der Waals surface area contributed by atoms with Crippen LogP contribution in [0.2, 0.25) is 0 Å². The third kappa shape index (κ3) is 4.44. The fraction of sp³-hybridized carbons (Fsp3) is 0.500. The molecule has 1 aliphatic rings. The number of hydrogen-bond acceptors (Lipinski definition) is 4. The molecule has 0 aromatic heterocycles. The van der Waals surface area contributed by atoms with Gasteiger partial charge in [-0.2, -0.15) is 0 Å². The Bertz CT molecular complexity index is 595. The number of nitrogens with one attached hydrogen (secondary N) is 1. The van der Waals surface area contributed by atoms with E-state index in [1.54, 1.807) is 18.2 Å². The number of rotatable bonds is 5. The molecule has 0 unspecified atom stereocenters. The highest BCUT2D eigenvalue weighted by Gasteiger charge is 2.17. The molecule has 0 aliphatic carbocycles. The molecule has 0 radical (unpaired) electrons. The third-order valence-corrected chi connectivity index (χ3v) is 4.53. The molecule has 1 heterocycles. The van der Waals surface area contributed by atoms with Gasteiger partial charge in [-0.1, -0.05) is 12.1 Å². The molecule has 0 saturated carbocycles. The van der Waals surface area contributed by atoms with E-state index in [1.807, 2.05) is 4.90 Å². The zero-order valence-corrected chi connectivity index (χ0v) is 12.7. The molecule has 1 aliphatic heterocycles. The second-order valence-electron chi connectivity index (χ2n) is 5.16. The van der Waals surface area contributed by atoms with Crippen LogP contribution in [0.25, 0.3) is 0 Å². The third-order valence-electron chi connectivity index (χ3n) is 3.56. The Morgan fingerprint density at radius 1 is 1.19 bits per heavy atom. The first-order valence-corrected chi connectivity index (χ1v) is 8.66. The number of benzene rings is 1. The average Bonchev–Trinajstić information content (AvgIpc) is 2.47. The lowest BCUT2D eigenvalue weighted by Gasteiger charge is -2.26. The Hall–Kier alpha value is -1.60. The number of amides is 1. The van der Waals surface area contributed by atoms with Gasteiger partial charge in [0.2, 0.25) is 15.9 Å². The van der Waals surface area contributed by atoms with Crippen LogP contribution in [-0.4, -0.2) is 38.9 Å². The van der Waals surface area contributed by atoms with Gasteiger partial charge in [0.15, 0.2) is 0 Å². The predicted octanol–water partition coefficient (Wildman–Crippen LogP) is 1.15. The van der Waals surface area contributed by atoms with Gasteiger partial charge < -0.3 is 10.2 Å². The van der Waals surface area contributed by atoms with Gasteiger partial charge >= 0.3 is 0 Å². The van der Waals surface area contributed by atoms with Crippen LogP contribution in [0.1, 0.15) is 25.7 Å². The summed E-state index contributed by atoms with van der Waals surface area (Å²) in [5.41, 5.74) is 0.437. The highest BCUT2D eigenvalue weighted by Crippen LogP contribution is 2.19. The minimum atomic E-state index is -3.76. The highest BCUT2D eigenvalue weighted by atomic mass is 32.2. The van der Waals surface area contributed by atoms with Crippen LogP contribution in [0.15, 0.2) is 29.2 Å². The van der Waals surface area contributed by atoms with Crippen molar-refractivity contribution >= 4 is 21.6 Å². The Labute approximate surface area is 125 Å². The summed E-state index contributed by atoms with van der Waals surface area (Å²) in [5.74, 6) is 0.107. The molecular weight excluding hydrogens is 290 g/mol. The van der Waals surface area contributed by atoms with E-state index >= 15 is 0 Å². The van der Waals surface area contributed by atoms with Gasteiger partial charge in [0.05, 0.1) is 5.69 Å². The second kappa shape index (κ2) is 6.91. The van der Waals surface area contributed by atoms with E-state index in [-0.39, 0.29) is 10.8 Å². The number of nitrogens with two attached hydrogens (primary N) is 1. The van der Waals surface area contributed by atoms with Gasteiger partial charge in [-0.05, 0) is 31.4 Å². The minimum Gasteiger partial charge on any atom is -0.383 e. The SMILES string of the molecule is NS(=O)(=O)c1ccccc1NCCC(=O)N1CCCCC1. The van der Waals surface area contributed by atoms with Crippen LogP contribution in [0.3, 0.4) is 0 Å². The predicted molar refractivity (Wildman–Crippen MR) is 81.4 cm³/mol. The minimum absolute atomic E-state index is 0.0513. The van der Waals surface area contributed by atoms with Gasteiger partial charge in [-0.15, -0.1) is 0 Å². The molecule has 0 spiro atoms. The number of primary sulfonamides is 1. The molecule has 3 N–H and O–H groups in total.